The van der Waals surface area contributed by atoms with Gasteiger partial charge in [0.15, 0.2) is 0 Å². The largest absolute Gasteiger partial charge is 0.495 e. The maximum Gasteiger partial charge on any atom is 0.391 e. The second-order valence-corrected chi connectivity index (χ2v) is 10.3. The number of nitrogens with zero attached hydrogens (tertiary/aromatic N) is 1. The number of aromatic carboxylic acids is 1. The van der Waals surface area contributed by atoms with Crippen LogP contribution in [0.15, 0.2) is 52.1 Å². The maximum atomic E-state index is 14.1. The lowest BCUT2D eigenvalue weighted by Gasteiger charge is -2.30. The van der Waals surface area contributed by atoms with Crippen molar-refractivity contribution in [2.24, 2.45) is 5.92 Å². The zero-order chi connectivity index (χ0) is 27.0. The number of hydrogen-bond acceptors (Lipinski definition) is 6. The summed E-state index contributed by atoms with van der Waals surface area (Å²) in [7, 11) is -3.20. The van der Waals surface area contributed by atoms with E-state index in [1.165, 1.54) is 0 Å². The van der Waals surface area contributed by atoms with Gasteiger partial charge in [-0.1, -0.05) is 12.1 Å². The quantitative estimate of drug-likeness (QED) is 0.361. The van der Waals surface area contributed by atoms with Gasteiger partial charge in [0.1, 0.15) is 17.8 Å². The Balaban J connectivity index is 1.49. The lowest BCUT2D eigenvalue weighted by Crippen LogP contribution is -2.27. The molecule has 0 unspecified atom stereocenters. The van der Waals surface area contributed by atoms with E-state index in [0.717, 1.165) is 25.0 Å². The first-order valence-corrected chi connectivity index (χ1v) is 12.6. The highest BCUT2D eigenvalue weighted by molar-refractivity contribution is 7.92. The first kappa shape index (κ1) is 26.5. The second-order valence-electron chi connectivity index (χ2n) is 8.65. The van der Waals surface area contributed by atoms with Crippen LogP contribution < -0.4 is 9.46 Å². The molecule has 13 heteroatoms. The number of hydrogen-bond donors (Lipinski definition) is 2. The first-order chi connectivity index (χ1) is 17.4. The number of halogens is 4. The van der Waals surface area contributed by atoms with Crippen LogP contribution in [0.3, 0.4) is 0 Å². The maximum absolute atomic E-state index is 14.1. The number of alkyl halides is 3. The van der Waals surface area contributed by atoms with Crippen LogP contribution in [0.4, 0.5) is 23.2 Å². The van der Waals surface area contributed by atoms with Crippen molar-refractivity contribution in [3.63, 3.8) is 0 Å². The van der Waals surface area contributed by atoms with Crippen molar-refractivity contribution < 1.29 is 45.0 Å². The highest BCUT2D eigenvalue weighted by atomic mass is 32.2. The molecule has 1 heterocycles. The minimum absolute atomic E-state index is 0.000222. The number of rotatable bonds is 7. The Kier molecular flexibility index (Phi) is 7.18. The van der Waals surface area contributed by atoms with E-state index in [4.69, 9.17) is 14.3 Å². The van der Waals surface area contributed by atoms with Gasteiger partial charge in [0.25, 0.3) is 10.0 Å². The molecule has 0 saturated heterocycles. The van der Waals surface area contributed by atoms with Gasteiger partial charge in [-0.05, 0) is 55.4 Å². The van der Waals surface area contributed by atoms with E-state index in [-0.39, 0.29) is 36.1 Å². The van der Waals surface area contributed by atoms with E-state index >= 15 is 0 Å². The van der Waals surface area contributed by atoms with Crippen LogP contribution in [0.2, 0.25) is 0 Å². The Hall–Kier alpha value is -3.61. The summed E-state index contributed by atoms with van der Waals surface area (Å²) in [5.41, 5.74) is 0.299. The molecule has 0 radical (unpaired) electrons. The fourth-order valence-corrected chi connectivity index (χ4v) is 5.26. The molecule has 0 amide bonds. The van der Waals surface area contributed by atoms with Crippen LogP contribution in [0.25, 0.3) is 11.5 Å². The molecule has 3 aromatic rings. The van der Waals surface area contributed by atoms with Gasteiger partial charge in [-0.15, -0.1) is 0 Å². The highest BCUT2D eigenvalue weighted by Crippen LogP contribution is 2.43. The minimum Gasteiger partial charge on any atom is -0.495 e. The van der Waals surface area contributed by atoms with E-state index < -0.39 is 44.5 Å². The van der Waals surface area contributed by atoms with Crippen LogP contribution in [-0.2, 0) is 10.0 Å². The molecular weight excluding hydrogens is 520 g/mol. The number of benzene rings is 2. The Labute approximate surface area is 209 Å². The monoisotopic (exact) mass is 542 g/mol. The zero-order valence-corrected chi connectivity index (χ0v) is 20.2. The predicted molar refractivity (Wildman–Crippen MR) is 123 cm³/mol. The number of oxazole rings is 1. The standard InChI is InChI=1S/C24H22F4N2O6S/c1-35-20-10-17(23(31)32)18(25)11-19(20)30-37(33,34)21-12-36-22(29-21)15-4-2-13(3-5-15)14-6-8-16(9-7-14)24(26,27)28/h2-5,10-12,14,16,30H,6-9H2,1H3,(H,31,32). The number of ether oxygens (including phenoxy) is 1. The number of carbonyl (C=O) groups is 1. The summed E-state index contributed by atoms with van der Waals surface area (Å²) in [5.74, 6) is -4.22. The van der Waals surface area contributed by atoms with Crippen LogP contribution in [0, 0.1) is 11.7 Å². The molecule has 198 valence electrons. The van der Waals surface area contributed by atoms with Crippen molar-refractivity contribution in [1.82, 2.24) is 4.98 Å². The summed E-state index contributed by atoms with van der Waals surface area (Å²) in [6.45, 7) is 0. The number of nitrogens with one attached hydrogen (secondary N) is 1. The van der Waals surface area contributed by atoms with Crippen molar-refractivity contribution in [3.05, 3.63) is 59.6 Å². The number of carboxylic acids is 1. The van der Waals surface area contributed by atoms with Gasteiger partial charge in [0, 0.05) is 11.6 Å². The van der Waals surface area contributed by atoms with Gasteiger partial charge >= 0.3 is 12.1 Å². The number of aromatic nitrogens is 1. The summed E-state index contributed by atoms with van der Waals surface area (Å²) in [4.78, 5) is 15.1. The smallest absolute Gasteiger partial charge is 0.391 e. The molecule has 1 saturated carbocycles. The predicted octanol–water partition coefficient (Wildman–Crippen LogP) is 5.82. The van der Waals surface area contributed by atoms with Crippen molar-refractivity contribution in [1.29, 1.82) is 0 Å². The minimum atomic E-state index is -4.37. The number of methoxy groups -OCH3 is 1. The van der Waals surface area contributed by atoms with Crippen molar-refractivity contribution in [2.75, 3.05) is 11.8 Å². The summed E-state index contributed by atoms with van der Waals surface area (Å²) in [6, 6.07) is 8.32. The summed E-state index contributed by atoms with van der Waals surface area (Å²) >= 11 is 0. The Morgan fingerprint density at radius 1 is 1.14 bits per heavy atom. The molecule has 1 aliphatic rings. The van der Waals surface area contributed by atoms with Gasteiger partial charge in [-0.2, -0.15) is 26.6 Å². The van der Waals surface area contributed by atoms with Gasteiger partial charge in [0.2, 0.25) is 10.9 Å². The average Bonchev–Trinajstić information content (AvgIpc) is 3.35. The van der Waals surface area contributed by atoms with Crippen molar-refractivity contribution >= 4 is 21.7 Å². The van der Waals surface area contributed by atoms with E-state index in [1.807, 2.05) is 0 Å². The molecule has 0 atom stereocenters. The van der Waals surface area contributed by atoms with Crippen LogP contribution in [0.1, 0.15) is 47.5 Å². The fourth-order valence-electron chi connectivity index (χ4n) is 4.33. The molecule has 4 rings (SSSR count). The molecule has 0 aliphatic heterocycles. The summed E-state index contributed by atoms with van der Waals surface area (Å²) < 4.78 is 90.8. The van der Waals surface area contributed by atoms with E-state index in [1.54, 1.807) is 24.3 Å². The molecular formula is C24H22F4N2O6S. The number of anilines is 1. The van der Waals surface area contributed by atoms with Crippen LogP contribution in [-0.4, -0.2) is 37.8 Å². The molecule has 1 fully saturated rings. The van der Waals surface area contributed by atoms with Gasteiger partial charge in [0.05, 0.1) is 24.3 Å². The van der Waals surface area contributed by atoms with E-state index in [9.17, 15) is 30.8 Å². The third-order valence-electron chi connectivity index (χ3n) is 6.34. The number of sulfonamides is 1. The molecule has 2 aromatic carbocycles. The Morgan fingerprint density at radius 3 is 2.35 bits per heavy atom. The summed E-state index contributed by atoms with van der Waals surface area (Å²) in [6.07, 6.45) is -2.27. The highest BCUT2D eigenvalue weighted by Gasteiger charge is 2.41. The average molecular weight is 543 g/mol. The molecule has 1 aromatic heterocycles. The molecule has 8 nitrogen and oxygen atoms in total. The van der Waals surface area contributed by atoms with Gasteiger partial charge < -0.3 is 14.3 Å². The first-order valence-electron chi connectivity index (χ1n) is 11.1. The third-order valence-corrected chi connectivity index (χ3v) is 7.57. The fraction of sp³-hybridized carbons (Fsp3) is 0.333. The normalized spacial score (nSPS) is 18.4. The Bertz CT molecular complexity index is 1400. The molecule has 0 spiro atoms. The topological polar surface area (TPSA) is 119 Å². The SMILES string of the molecule is COc1cc(C(=O)O)c(F)cc1NS(=O)(=O)c1coc(-c2ccc(C3CCC(C(F)(F)F)CC3)cc2)n1. The second kappa shape index (κ2) is 10.0. The molecule has 1 aliphatic carbocycles. The molecule has 0 bridgehead atoms. The van der Waals surface area contributed by atoms with Crippen molar-refractivity contribution in [2.45, 2.75) is 42.8 Å². The Morgan fingerprint density at radius 2 is 1.78 bits per heavy atom. The molecule has 37 heavy (non-hydrogen) atoms. The van der Waals surface area contributed by atoms with Gasteiger partial charge in [-0.25, -0.2) is 9.18 Å². The van der Waals surface area contributed by atoms with E-state index in [0.29, 0.717) is 24.5 Å². The van der Waals surface area contributed by atoms with Crippen LogP contribution in [0.5, 0.6) is 5.75 Å². The zero-order valence-electron chi connectivity index (χ0n) is 19.4. The third kappa shape index (κ3) is 5.71. The van der Waals surface area contributed by atoms with Crippen LogP contribution >= 0.6 is 0 Å². The van der Waals surface area contributed by atoms with E-state index in [2.05, 4.69) is 9.71 Å². The van der Waals surface area contributed by atoms with Crippen molar-refractivity contribution in [3.8, 4) is 17.2 Å². The lowest BCUT2D eigenvalue weighted by molar-refractivity contribution is -0.182. The number of carboxylic acid groups (broad SMARTS) is 1. The lowest BCUT2D eigenvalue weighted by atomic mass is 9.78. The summed E-state index contributed by atoms with van der Waals surface area (Å²) in [5, 5.41) is 8.52. The molecule has 2 N–H and O–H groups in total. The van der Waals surface area contributed by atoms with Gasteiger partial charge in [-0.3, -0.25) is 4.72 Å².